The molecule has 0 saturated heterocycles. The quantitative estimate of drug-likeness (QED) is 0.561. The lowest BCUT2D eigenvalue weighted by atomic mass is 10.1. The van der Waals surface area contributed by atoms with Crippen LogP contribution in [0.3, 0.4) is 0 Å². The zero-order chi connectivity index (χ0) is 20.8. The number of amides is 1. The summed E-state index contributed by atoms with van der Waals surface area (Å²) in [6, 6.07) is 18.6. The van der Waals surface area contributed by atoms with Crippen LogP contribution in [0.1, 0.15) is 31.4 Å². The summed E-state index contributed by atoms with van der Waals surface area (Å²) in [4.78, 5) is 12.6. The normalized spacial score (nSPS) is 13.1. The van der Waals surface area contributed by atoms with E-state index in [1.54, 1.807) is 0 Å². The summed E-state index contributed by atoms with van der Waals surface area (Å²) in [6.07, 6.45) is 1.86. The highest BCUT2D eigenvalue weighted by molar-refractivity contribution is 8.00. The molecule has 0 radical (unpaired) electrons. The van der Waals surface area contributed by atoms with E-state index in [2.05, 4.69) is 47.6 Å². The third-order valence-corrected chi connectivity index (χ3v) is 6.10. The Morgan fingerprint density at radius 2 is 1.76 bits per heavy atom. The molecule has 1 heterocycles. The van der Waals surface area contributed by atoms with Crippen molar-refractivity contribution in [2.75, 3.05) is 0 Å². The van der Waals surface area contributed by atoms with Crippen LogP contribution in [0.15, 0.2) is 59.8 Å². The van der Waals surface area contributed by atoms with Crippen LogP contribution in [0.25, 0.3) is 11.4 Å². The highest BCUT2D eigenvalue weighted by atomic mass is 32.2. The molecule has 0 saturated carbocycles. The lowest BCUT2D eigenvalue weighted by molar-refractivity contribution is -0.120. The van der Waals surface area contributed by atoms with Crippen LogP contribution in [0, 0.1) is 6.92 Å². The lowest BCUT2D eigenvalue weighted by Gasteiger charge is -2.17. The van der Waals surface area contributed by atoms with Crippen LogP contribution in [0.2, 0.25) is 0 Å². The van der Waals surface area contributed by atoms with Gasteiger partial charge in [-0.15, -0.1) is 10.2 Å². The number of carbonyl (C=O) groups excluding carboxylic acids is 1. The van der Waals surface area contributed by atoms with Gasteiger partial charge in [-0.05, 0) is 44.7 Å². The Bertz CT molecular complexity index is 955. The molecule has 0 aliphatic rings. The summed E-state index contributed by atoms with van der Waals surface area (Å²) in [5.41, 5.74) is 3.50. The molecule has 0 fully saturated rings. The highest BCUT2D eigenvalue weighted by Crippen LogP contribution is 2.27. The van der Waals surface area contributed by atoms with Gasteiger partial charge in [0, 0.05) is 18.7 Å². The molecule has 2 unspecified atom stereocenters. The van der Waals surface area contributed by atoms with Crippen molar-refractivity contribution in [3.05, 3.63) is 65.7 Å². The molecular weight excluding hydrogens is 380 g/mol. The average molecular weight is 409 g/mol. The van der Waals surface area contributed by atoms with Gasteiger partial charge in [-0.1, -0.05) is 66.4 Å². The van der Waals surface area contributed by atoms with Gasteiger partial charge in [0.05, 0.1) is 5.25 Å². The van der Waals surface area contributed by atoms with Crippen LogP contribution < -0.4 is 5.32 Å². The molecule has 1 amide bonds. The summed E-state index contributed by atoms with van der Waals surface area (Å²) >= 11 is 1.43. The predicted molar refractivity (Wildman–Crippen MR) is 119 cm³/mol. The average Bonchev–Trinajstić information content (AvgIpc) is 3.07. The first kappa shape index (κ1) is 21.1. The van der Waals surface area contributed by atoms with Gasteiger partial charge in [-0.3, -0.25) is 4.79 Å². The summed E-state index contributed by atoms with van der Waals surface area (Å²) in [7, 11) is 1.94. The molecule has 0 aliphatic heterocycles. The van der Waals surface area contributed by atoms with Crippen molar-refractivity contribution >= 4 is 17.7 Å². The molecule has 3 aromatic rings. The van der Waals surface area contributed by atoms with Crippen molar-refractivity contribution in [2.24, 2.45) is 7.05 Å². The molecule has 0 aliphatic carbocycles. The molecule has 6 heteroatoms. The van der Waals surface area contributed by atoms with E-state index in [4.69, 9.17) is 0 Å². The van der Waals surface area contributed by atoms with Crippen LogP contribution >= 0.6 is 11.8 Å². The molecule has 5 nitrogen and oxygen atoms in total. The molecular formula is C23H28N4OS. The third-order valence-electron chi connectivity index (χ3n) is 4.97. The van der Waals surface area contributed by atoms with Crippen molar-refractivity contribution in [1.29, 1.82) is 0 Å². The smallest absolute Gasteiger partial charge is 0.233 e. The second-order valence-corrected chi connectivity index (χ2v) is 8.68. The van der Waals surface area contributed by atoms with Gasteiger partial charge in [0.25, 0.3) is 0 Å². The van der Waals surface area contributed by atoms with E-state index in [0.29, 0.717) is 0 Å². The molecule has 1 aromatic heterocycles. The van der Waals surface area contributed by atoms with E-state index in [-0.39, 0.29) is 17.2 Å². The molecule has 152 valence electrons. The first-order valence-corrected chi connectivity index (χ1v) is 10.8. The zero-order valence-corrected chi connectivity index (χ0v) is 18.2. The minimum Gasteiger partial charge on any atom is -0.353 e. The van der Waals surface area contributed by atoms with Crippen molar-refractivity contribution in [2.45, 2.75) is 50.1 Å². The van der Waals surface area contributed by atoms with Gasteiger partial charge < -0.3 is 9.88 Å². The number of hydrogen-bond acceptors (Lipinski definition) is 4. The fourth-order valence-electron chi connectivity index (χ4n) is 3.15. The number of nitrogens with one attached hydrogen (secondary N) is 1. The van der Waals surface area contributed by atoms with E-state index in [9.17, 15) is 4.79 Å². The first-order valence-electron chi connectivity index (χ1n) is 9.92. The zero-order valence-electron chi connectivity index (χ0n) is 17.4. The Balaban J connectivity index is 1.56. The molecule has 2 aromatic carbocycles. The lowest BCUT2D eigenvalue weighted by Crippen LogP contribution is -2.38. The number of benzene rings is 2. The number of aromatic nitrogens is 3. The largest absolute Gasteiger partial charge is 0.353 e. The molecule has 3 rings (SSSR count). The predicted octanol–water partition coefficient (Wildman–Crippen LogP) is 4.41. The number of thioether (sulfide) groups is 1. The molecule has 29 heavy (non-hydrogen) atoms. The Morgan fingerprint density at radius 3 is 2.48 bits per heavy atom. The van der Waals surface area contributed by atoms with Gasteiger partial charge in [0.1, 0.15) is 0 Å². The van der Waals surface area contributed by atoms with E-state index in [0.717, 1.165) is 34.9 Å². The minimum absolute atomic E-state index is 0.0241. The van der Waals surface area contributed by atoms with Crippen molar-refractivity contribution in [3.8, 4) is 11.4 Å². The maximum Gasteiger partial charge on any atom is 0.233 e. The Morgan fingerprint density at radius 1 is 1.07 bits per heavy atom. The van der Waals surface area contributed by atoms with Crippen molar-refractivity contribution in [1.82, 2.24) is 20.1 Å². The van der Waals surface area contributed by atoms with Crippen LogP contribution in [-0.2, 0) is 18.3 Å². The van der Waals surface area contributed by atoms with Crippen molar-refractivity contribution in [3.63, 3.8) is 0 Å². The van der Waals surface area contributed by atoms with E-state index in [1.165, 1.54) is 17.3 Å². The number of hydrogen-bond donors (Lipinski definition) is 1. The second-order valence-electron chi connectivity index (χ2n) is 7.37. The van der Waals surface area contributed by atoms with Crippen LogP contribution in [0.5, 0.6) is 0 Å². The number of rotatable bonds is 8. The summed E-state index contributed by atoms with van der Waals surface area (Å²) in [6.45, 7) is 6.02. The molecule has 1 N–H and O–H groups in total. The van der Waals surface area contributed by atoms with Gasteiger partial charge in [-0.25, -0.2) is 0 Å². The molecule has 0 bridgehead atoms. The van der Waals surface area contributed by atoms with Gasteiger partial charge in [0.2, 0.25) is 5.91 Å². The van der Waals surface area contributed by atoms with E-state index in [1.807, 2.05) is 54.9 Å². The second kappa shape index (κ2) is 9.74. The van der Waals surface area contributed by atoms with E-state index < -0.39 is 0 Å². The monoisotopic (exact) mass is 408 g/mol. The number of nitrogens with zero attached hydrogens (tertiary/aromatic N) is 3. The third kappa shape index (κ3) is 5.48. The fourth-order valence-corrected chi connectivity index (χ4v) is 3.97. The number of aryl methyl sites for hydroxylation is 2. The summed E-state index contributed by atoms with van der Waals surface area (Å²) in [5, 5.41) is 12.3. The topological polar surface area (TPSA) is 59.8 Å². The molecule has 2 atom stereocenters. The minimum atomic E-state index is -0.248. The Hall–Kier alpha value is -2.60. The maximum absolute atomic E-state index is 12.6. The molecule has 0 spiro atoms. The maximum atomic E-state index is 12.6. The van der Waals surface area contributed by atoms with Crippen LogP contribution in [0.4, 0.5) is 0 Å². The van der Waals surface area contributed by atoms with Gasteiger partial charge >= 0.3 is 0 Å². The Kier molecular flexibility index (Phi) is 7.09. The van der Waals surface area contributed by atoms with Crippen molar-refractivity contribution < 1.29 is 4.79 Å². The summed E-state index contributed by atoms with van der Waals surface area (Å²) in [5.74, 6) is 0.838. The van der Waals surface area contributed by atoms with E-state index >= 15 is 0 Å². The van der Waals surface area contributed by atoms with Gasteiger partial charge in [0.15, 0.2) is 11.0 Å². The highest BCUT2D eigenvalue weighted by Gasteiger charge is 2.21. The van der Waals surface area contributed by atoms with Crippen LogP contribution in [-0.4, -0.2) is 32.0 Å². The standard InChI is InChI=1S/C23H28N4OS/c1-16-10-8-9-13-20(16)21-25-26-23(27(21)4)29-18(3)22(28)24-17(2)14-15-19-11-6-5-7-12-19/h5-13,17-18H,14-15H2,1-4H3,(H,24,28). The Labute approximate surface area is 176 Å². The fraction of sp³-hybridized carbons (Fsp3) is 0.348. The summed E-state index contributed by atoms with van der Waals surface area (Å²) < 4.78 is 1.95. The SMILES string of the molecule is Cc1ccccc1-c1nnc(SC(C)C(=O)NC(C)CCc2ccccc2)n1C. The number of carbonyl (C=O) groups is 1. The van der Waals surface area contributed by atoms with Gasteiger partial charge in [-0.2, -0.15) is 0 Å². The first-order chi connectivity index (χ1) is 14.0.